The monoisotopic (exact) mass is 501 g/mol. The maximum Gasteiger partial charge on any atom is 0.408 e. The number of rotatable bonds is 11. The Kier molecular flexibility index (Phi) is 9.72. The maximum atomic E-state index is 12.8. The predicted octanol–water partition coefficient (Wildman–Crippen LogP) is 4.39. The lowest BCUT2D eigenvalue weighted by Gasteiger charge is -2.18. The van der Waals surface area contributed by atoms with Gasteiger partial charge in [-0.15, -0.1) is 23.1 Å². The zero-order valence-electron chi connectivity index (χ0n) is 19.0. The molecule has 1 atom stereocenters. The van der Waals surface area contributed by atoms with Gasteiger partial charge in [0.05, 0.1) is 21.7 Å². The lowest BCUT2D eigenvalue weighted by Crippen LogP contribution is -2.49. The third-order valence-corrected chi connectivity index (χ3v) is 6.88. The van der Waals surface area contributed by atoms with Gasteiger partial charge in [0.1, 0.15) is 12.6 Å². The first-order valence-electron chi connectivity index (χ1n) is 10.9. The average Bonchev–Trinajstić information content (AvgIpc) is 3.30. The largest absolute Gasteiger partial charge is 0.464 e. The Labute approximate surface area is 206 Å². The molecular formula is C24H27N3O5S2. The van der Waals surface area contributed by atoms with Crippen LogP contribution in [0, 0.1) is 0 Å². The van der Waals surface area contributed by atoms with Crippen LogP contribution in [-0.2, 0) is 20.9 Å². The van der Waals surface area contributed by atoms with E-state index in [2.05, 4.69) is 15.6 Å². The number of nitrogens with zero attached hydrogens (tertiary/aromatic N) is 1. The van der Waals surface area contributed by atoms with Crippen LogP contribution in [0.3, 0.4) is 0 Å². The highest BCUT2D eigenvalue weighted by Gasteiger charge is 2.24. The van der Waals surface area contributed by atoms with Crippen molar-refractivity contribution in [2.45, 2.75) is 37.3 Å². The molecule has 0 saturated carbocycles. The number of hydrogen-bond donors (Lipinski definition) is 2. The molecule has 0 radical (unpaired) electrons. The third-order valence-electron chi connectivity index (χ3n) is 4.82. The summed E-state index contributed by atoms with van der Waals surface area (Å²) in [7, 11) is 0. The predicted molar refractivity (Wildman–Crippen MR) is 133 cm³/mol. The molecule has 3 rings (SSSR count). The van der Waals surface area contributed by atoms with E-state index in [-0.39, 0.29) is 25.7 Å². The fraction of sp³-hybridized carbons (Fsp3) is 0.333. The molecule has 2 amide bonds. The van der Waals surface area contributed by atoms with E-state index in [4.69, 9.17) is 9.47 Å². The van der Waals surface area contributed by atoms with Gasteiger partial charge >= 0.3 is 12.1 Å². The molecule has 2 aromatic heterocycles. The van der Waals surface area contributed by atoms with Gasteiger partial charge in [-0.1, -0.05) is 43.7 Å². The van der Waals surface area contributed by atoms with Gasteiger partial charge in [-0.25, -0.2) is 9.59 Å². The van der Waals surface area contributed by atoms with Crippen LogP contribution < -0.4 is 10.6 Å². The van der Waals surface area contributed by atoms with Crippen molar-refractivity contribution >= 4 is 51.3 Å². The number of thioether (sulfide) groups is 1. The molecule has 2 heterocycles. The number of unbranched alkanes of at least 4 members (excludes halogenated alkanes) is 1. The highest BCUT2D eigenvalue weighted by Crippen LogP contribution is 2.32. The smallest absolute Gasteiger partial charge is 0.408 e. The molecule has 8 nitrogen and oxygen atoms in total. The molecule has 1 aromatic carbocycles. The number of carbonyl (C=O) groups is 3. The quantitative estimate of drug-likeness (QED) is 0.228. The fourth-order valence-electron chi connectivity index (χ4n) is 2.99. The van der Waals surface area contributed by atoms with Crippen LogP contribution in [0.4, 0.5) is 4.79 Å². The number of aromatic nitrogens is 1. The SMILES string of the molecule is CCCCOC(=O)[C@@H](CNC(=O)c1cc2nccc(SC)c2s1)NC(=O)OCc1ccccc1. The maximum absolute atomic E-state index is 12.8. The number of nitrogens with one attached hydrogen (secondary N) is 2. The van der Waals surface area contributed by atoms with Crippen LogP contribution in [0.5, 0.6) is 0 Å². The van der Waals surface area contributed by atoms with Gasteiger partial charge in [0.2, 0.25) is 0 Å². The van der Waals surface area contributed by atoms with Crippen molar-refractivity contribution in [2.24, 2.45) is 0 Å². The normalized spacial score (nSPS) is 11.6. The van der Waals surface area contributed by atoms with Crippen LogP contribution in [0.2, 0.25) is 0 Å². The number of thiophene rings is 1. The van der Waals surface area contributed by atoms with E-state index in [0.29, 0.717) is 11.3 Å². The number of fused-ring (bicyclic) bond motifs is 1. The molecule has 0 aliphatic rings. The molecular weight excluding hydrogens is 474 g/mol. The molecule has 10 heteroatoms. The number of benzene rings is 1. The highest BCUT2D eigenvalue weighted by molar-refractivity contribution is 7.99. The van der Waals surface area contributed by atoms with Gasteiger partial charge < -0.3 is 20.1 Å². The Bertz CT molecular complexity index is 1120. The second-order valence-electron chi connectivity index (χ2n) is 7.33. The molecule has 0 saturated heterocycles. The summed E-state index contributed by atoms with van der Waals surface area (Å²) in [4.78, 5) is 43.4. The van der Waals surface area contributed by atoms with Gasteiger partial charge in [-0.05, 0) is 30.4 Å². The van der Waals surface area contributed by atoms with Crippen molar-refractivity contribution in [1.82, 2.24) is 15.6 Å². The first kappa shape index (κ1) is 25.5. The second kappa shape index (κ2) is 13.0. The van der Waals surface area contributed by atoms with Crippen LogP contribution in [-0.4, -0.2) is 48.4 Å². The first-order chi connectivity index (χ1) is 16.5. The summed E-state index contributed by atoms with van der Waals surface area (Å²) in [5, 5.41) is 5.22. The summed E-state index contributed by atoms with van der Waals surface area (Å²) in [6, 6.07) is 11.7. The van der Waals surface area contributed by atoms with Gasteiger partial charge in [0, 0.05) is 17.6 Å². The van der Waals surface area contributed by atoms with Gasteiger partial charge in [0.25, 0.3) is 5.91 Å². The van der Waals surface area contributed by atoms with Crippen molar-refractivity contribution in [3.63, 3.8) is 0 Å². The number of pyridine rings is 1. The zero-order valence-corrected chi connectivity index (χ0v) is 20.7. The number of alkyl carbamates (subject to hydrolysis) is 1. The molecule has 2 N–H and O–H groups in total. The molecule has 0 unspecified atom stereocenters. The van der Waals surface area contributed by atoms with Crippen LogP contribution in [0.15, 0.2) is 53.6 Å². The minimum Gasteiger partial charge on any atom is -0.464 e. The van der Waals surface area contributed by atoms with Crippen molar-refractivity contribution in [3.8, 4) is 0 Å². The summed E-state index contributed by atoms with van der Waals surface area (Å²) >= 11 is 2.91. The number of esters is 1. The Morgan fingerprint density at radius 2 is 1.94 bits per heavy atom. The average molecular weight is 502 g/mol. The standard InChI is InChI=1S/C24H27N3O5S2/c1-3-4-12-31-23(29)18(27-24(30)32-15-16-8-6-5-7-9-16)14-26-22(28)20-13-17-21(34-20)19(33-2)10-11-25-17/h5-11,13,18H,3-4,12,14-15H2,1-2H3,(H,26,28)(H,27,30)/t18-/m1/s1. The van der Waals surface area contributed by atoms with E-state index in [1.54, 1.807) is 24.0 Å². The Balaban J connectivity index is 1.62. The van der Waals surface area contributed by atoms with Crippen molar-refractivity contribution in [1.29, 1.82) is 0 Å². The number of amides is 2. The number of carbonyl (C=O) groups excluding carboxylic acids is 3. The lowest BCUT2D eigenvalue weighted by molar-refractivity contribution is -0.146. The topological polar surface area (TPSA) is 107 Å². The minimum atomic E-state index is -1.08. The van der Waals surface area contributed by atoms with E-state index >= 15 is 0 Å². The van der Waals surface area contributed by atoms with Gasteiger partial charge in [-0.2, -0.15) is 0 Å². The van der Waals surface area contributed by atoms with Crippen molar-refractivity contribution in [2.75, 3.05) is 19.4 Å². The van der Waals surface area contributed by atoms with Crippen LogP contribution >= 0.6 is 23.1 Å². The summed E-state index contributed by atoms with van der Waals surface area (Å²) in [5.41, 5.74) is 1.55. The Hall–Kier alpha value is -3.11. The second-order valence-corrected chi connectivity index (χ2v) is 9.23. The van der Waals surface area contributed by atoms with E-state index in [0.717, 1.165) is 27.1 Å². The summed E-state index contributed by atoms with van der Waals surface area (Å²) in [6.45, 7) is 2.14. The molecule has 0 fully saturated rings. The summed E-state index contributed by atoms with van der Waals surface area (Å²) in [6.07, 6.45) is 4.46. The molecule has 34 heavy (non-hydrogen) atoms. The number of ether oxygens (including phenoxy) is 2. The van der Waals surface area contributed by atoms with Crippen LogP contribution in [0.1, 0.15) is 35.0 Å². The van der Waals surface area contributed by atoms with Crippen molar-refractivity contribution in [3.05, 3.63) is 59.1 Å². The molecule has 180 valence electrons. The number of hydrogen-bond acceptors (Lipinski definition) is 8. The summed E-state index contributed by atoms with van der Waals surface area (Å²) < 4.78 is 11.4. The minimum absolute atomic E-state index is 0.0587. The van der Waals surface area contributed by atoms with Crippen molar-refractivity contribution < 1.29 is 23.9 Å². The fourth-order valence-corrected chi connectivity index (χ4v) is 4.79. The van der Waals surface area contributed by atoms with E-state index in [1.807, 2.05) is 49.6 Å². The van der Waals surface area contributed by atoms with Gasteiger partial charge in [-0.3, -0.25) is 9.78 Å². The Morgan fingerprint density at radius 1 is 1.15 bits per heavy atom. The third kappa shape index (κ3) is 7.19. The van der Waals surface area contributed by atoms with Gasteiger partial charge in [0.15, 0.2) is 0 Å². The molecule has 0 spiro atoms. The molecule has 0 aliphatic heterocycles. The Morgan fingerprint density at radius 3 is 2.68 bits per heavy atom. The molecule has 0 bridgehead atoms. The van der Waals surface area contributed by atoms with E-state index < -0.39 is 18.1 Å². The molecule has 3 aromatic rings. The van der Waals surface area contributed by atoms with E-state index in [1.165, 1.54) is 11.3 Å². The van der Waals surface area contributed by atoms with E-state index in [9.17, 15) is 14.4 Å². The highest BCUT2D eigenvalue weighted by atomic mass is 32.2. The zero-order chi connectivity index (χ0) is 24.3. The first-order valence-corrected chi connectivity index (χ1v) is 12.9. The molecule has 0 aliphatic carbocycles. The summed E-state index contributed by atoms with van der Waals surface area (Å²) in [5.74, 6) is -0.992. The lowest BCUT2D eigenvalue weighted by atomic mass is 10.2. The van der Waals surface area contributed by atoms with Crippen LogP contribution in [0.25, 0.3) is 10.2 Å².